The third-order valence-corrected chi connectivity index (χ3v) is 3.33. The Morgan fingerprint density at radius 2 is 1.95 bits per heavy atom. The summed E-state index contributed by atoms with van der Waals surface area (Å²) in [4.78, 5) is 0. The van der Waals surface area contributed by atoms with Crippen molar-refractivity contribution < 1.29 is 9.26 Å². The van der Waals surface area contributed by atoms with Gasteiger partial charge in [-0.15, -0.1) is 0 Å². The van der Waals surface area contributed by atoms with Gasteiger partial charge in [-0.1, -0.05) is 41.9 Å². The first kappa shape index (κ1) is 13.9. The number of nitrogens with two attached hydrogens (primary N) is 1. The molecule has 2 N–H and O–H groups in total. The van der Waals surface area contributed by atoms with Crippen LogP contribution in [-0.2, 0) is 5.41 Å². The van der Waals surface area contributed by atoms with Crippen molar-refractivity contribution in [3.05, 3.63) is 28.2 Å². The van der Waals surface area contributed by atoms with Crippen LogP contribution in [0.2, 0.25) is 0 Å². The topological polar surface area (TPSA) is 61.3 Å². The maximum Gasteiger partial charge on any atom is 0.222 e. The minimum atomic E-state index is -0.0425. The van der Waals surface area contributed by atoms with Crippen LogP contribution in [0.15, 0.2) is 27.2 Å². The summed E-state index contributed by atoms with van der Waals surface area (Å²) < 4.78 is 11.5. The minimum absolute atomic E-state index is 0.0425. The number of ether oxygens (including phenoxy) is 1. The van der Waals surface area contributed by atoms with Crippen molar-refractivity contribution >= 4 is 21.8 Å². The lowest BCUT2D eigenvalue weighted by atomic mass is 9.85. The highest BCUT2D eigenvalue weighted by atomic mass is 79.9. The summed E-state index contributed by atoms with van der Waals surface area (Å²) in [6.07, 6.45) is 0. The molecule has 4 nitrogen and oxygen atoms in total. The molecule has 0 amide bonds. The number of hydrogen-bond donors (Lipinski definition) is 1. The number of anilines is 1. The standard InChI is InChI=1S/C14H17BrN2O2/c1-14(2,3)10-6-8(15)5-9(13(10)18-4)11-7-12(16)19-17-11/h5-7H,16H2,1-4H3. The molecule has 0 fully saturated rings. The normalized spacial score (nSPS) is 11.6. The number of nitrogens with zero attached hydrogens (tertiary/aromatic N) is 1. The van der Waals surface area contributed by atoms with E-state index in [0.29, 0.717) is 5.69 Å². The average molecular weight is 325 g/mol. The number of aromatic nitrogens is 1. The molecule has 0 bridgehead atoms. The molecule has 0 atom stereocenters. The van der Waals surface area contributed by atoms with Crippen LogP contribution < -0.4 is 10.5 Å². The van der Waals surface area contributed by atoms with E-state index < -0.39 is 0 Å². The lowest BCUT2D eigenvalue weighted by Crippen LogP contribution is -2.13. The van der Waals surface area contributed by atoms with Gasteiger partial charge in [-0.05, 0) is 17.5 Å². The van der Waals surface area contributed by atoms with Crippen LogP contribution in [0.1, 0.15) is 26.3 Å². The Bertz CT molecular complexity index is 600. The van der Waals surface area contributed by atoms with Gasteiger partial charge in [0.25, 0.3) is 0 Å². The summed E-state index contributed by atoms with van der Waals surface area (Å²) >= 11 is 3.53. The van der Waals surface area contributed by atoms with Crippen molar-refractivity contribution in [1.29, 1.82) is 0 Å². The highest BCUT2D eigenvalue weighted by Gasteiger charge is 2.23. The van der Waals surface area contributed by atoms with Crippen molar-refractivity contribution in [1.82, 2.24) is 5.16 Å². The lowest BCUT2D eigenvalue weighted by Gasteiger charge is -2.24. The Balaban J connectivity index is 2.70. The van der Waals surface area contributed by atoms with E-state index in [1.807, 2.05) is 6.07 Å². The smallest absolute Gasteiger partial charge is 0.222 e. The second-order valence-corrected chi connectivity index (χ2v) is 6.31. The van der Waals surface area contributed by atoms with Crippen molar-refractivity contribution in [2.45, 2.75) is 26.2 Å². The summed E-state index contributed by atoms with van der Waals surface area (Å²) in [6.45, 7) is 6.41. The van der Waals surface area contributed by atoms with Gasteiger partial charge in [0, 0.05) is 21.7 Å². The van der Waals surface area contributed by atoms with Crippen molar-refractivity contribution in [3.63, 3.8) is 0 Å². The molecule has 0 radical (unpaired) electrons. The molecule has 1 aromatic heterocycles. The SMILES string of the molecule is COc1c(-c2cc(N)on2)cc(Br)cc1C(C)(C)C. The molecule has 0 saturated carbocycles. The Labute approximate surface area is 121 Å². The molecular formula is C14H17BrN2O2. The second kappa shape index (κ2) is 4.89. The van der Waals surface area contributed by atoms with Gasteiger partial charge in [-0.3, -0.25) is 0 Å². The molecule has 1 aromatic carbocycles. The summed E-state index contributed by atoms with van der Waals surface area (Å²) in [5.74, 6) is 1.08. The summed E-state index contributed by atoms with van der Waals surface area (Å²) in [6, 6.07) is 5.70. The monoisotopic (exact) mass is 324 g/mol. The first-order valence-corrected chi connectivity index (χ1v) is 6.73. The van der Waals surface area contributed by atoms with Gasteiger partial charge in [0.1, 0.15) is 11.4 Å². The first-order valence-electron chi connectivity index (χ1n) is 5.93. The van der Waals surface area contributed by atoms with Gasteiger partial charge in [0.05, 0.1) is 7.11 Å². The fraction of sp³-hybridized carbons (Fsp3) is 0.357. The highest BCUT2D eigenvalue weighted by Crippen LogP contribution is 2.41. The molecule has 2 aromatic rings. The quantitative estimate of drug-likeness (QED) is 0.907. The molecule has 0 aliphatic rings. The van der Waals surface area contributed by atoms with Gasteiger partial charge >= 0.3 is 0 Å². The third-order valence-electron chi connectivity index (χ3n) is 2.87. The van der Waals surface area contributed by atoms with E-state index in [2.05, 4.69) is 47.9 Å². The predicted octanol–water partition coefficient (Wildman–Crippen LogP) is 3.99. The maximum absolute atomic E-state index is 5.59. The number of hydrogen-bond acceptors (Lipinski definition) is 4. The van der Waals surface area contributed by atoms with Gasteiger partial charge in [-0.2, -0.15) is 0 Å². The van der Waals surface area contributed by atoms with Crippen molar-refractivity contribution in [3.8, 4) is 17.0 Å². The molecule has 1 heterocycles. The molecule has 5 heteroatoms. The van der Waals surface area contributed by atoms with E-state index in [4.69, 9.17) is 15.0 Å². The van der Waals surface area contributed by atoms with Crippen LogP contribution in [0.25, 0.3) is 11.3 Å². The van der Waals surface area contributed by atoms with Crippen molar-refractivity contribution in [2.24, 2.45) is 0 Å². The zero-order valence-electron chi connectivity index (χ0n) is 11.5. The maximum atomic E-state index is 5.59. The summed E-state index contributed by atoms with van der Waals surface area (Å²) in [7, 11) is 1.66. The molecule has 0 spiro atoms. The molecule has 0 aliphatic carbocycles. The fourth-order valence-electron chi connectivity index (χ4n) is 1.98. The summed E-state index contributed by atoms with van der Waals surface area (Å²) in [5, 5.41) is 3.96. The Hall–Kier alpha value is -1.49. The number of rotatable bonds is 2. The molecule has 102 valence electrons. The van der Waals surface area contributed by atoms with Crippen LogP contribution in [-0.4, -0.2) is 12.3 Å². The van der Waals surface area contributed by atoms with Gasteiger partial charge in [-0.25, -0.2) is 0 Å². The molecule has 0 saturated heterocycles. The van der Waals surface area contributed by atoms with Crippen LogP contribution in [0.4, 0.5) is 5.88 Å². The lowest BCUT2D eigenvalue weighted by molar-refractivity contribution is 0.397. The summed E-state index contributed by atoms with van der Waals surface area (Å²) in [5.41, 5.74) is 8.17. The van der Waals surface area contributed by atoms with Gasteiger partial charge in [0.2, 0.25) is 5.88 Å². The number of methoxy groups -OCH3 is 1. The highest BCUT2D eigenvalue weighted by molar-refractivity contribution is 9.10. The number of halogens is 1. The average Bonchev–Trinajstić information content (AvgIpc) is 2.73. The third kappa shape index (κ3) is 2.76. The predicted molar refractivity (Wildman–Crippen MR) is 79.3 cm³/mol. The number of nitrogen functional groups attached to an aromatic ring is 1. The van der Waals surface area contributed by atoms with E-state index in [0.717, 1.165) is 21.3 Å². The first-order chi connectivity index (χ1) is 8.82. The van der Waals surface area contributed by atoms with Crippen molar-refractivity contribution in [2.75, 3.05) is 12.8 Å². The Morgan fingerprint density at radius 3 is 2.42 bits per heavy atom. The van der Waals surface area contributed by atoms with E-state index in [-0.39, 0.29) is 11.3 Å². The largest absolute Gasteiger partial charge is 0.496 e. The Kier molecular flexibility index (Phi) is 3.58. The van der Waals surface area contributed by atoms with E-state index in [1.165, 1.54) is 0 Å². The second-order valence-electron chi connectivity index (χ2n) is 5.40. The van der Waals surface area contributed by atoms with E-state index in [9.17, 15) is 0 Å². The molecular weight excluding hydrogens is 308 g/mol. The number of benzene rings is 1. The van der Waals surface area contributed by atoms with Crippen LogP contribution >= 0.6 is 15.9 Å². The zero-order valence-corrected chi connectivity index (χ0v) is 13.0. The molecule has 0 unspecified atom stereocenters. The van der Waals surface area contributed by atoms with Crippen LogP contribution in [0.3, 0.4) is 0 Å². The van der Waals surface area contributed by atoms with Gasteiger partial charge in [0.15, 0.2) is 0 Å². The molecule has 0 aliphatic heterocycles. The van der Waals surface area contributed by atoms with Gasteiger partial charge < -0.3 is 15.0 Å². The fourth-order valence-corrected chi connectivity index (χ4v) is 2.43. The van der Waals surface area contributed by atoms with Crippen LogP contribution in [0.5, 0.6) is 5.75 Å². The Morgan fingerprint density at radius 1 is 1.26 bits per heavy atom. The zero-order chi connectivity index (χ0) is 14.2. The molecule has 19 heavy (non-hydrogen) atoms. The van der Waals surface area contributed by atoms with E-state index >= 15 is 0 Å². The molecule has 2 rings (SSSR count). The van der Waals surface area contributed by atoms with Crippen LogP contribution in [0, 0.1) is 0 Å². The van der Waals surface area contributed by atoms with E-state index in [1.54, 1.807) is 13.2 Å². The minimum Gasteiger partial charge on any atom is -0.496 e.